The van der Waals surface area contributed by atoms with Crippen LogP contribution in [0, 0.1) is 0 Å². The van der Waals surface area contributed by atoms with E-state index in [4.69, 9.17) is 10.0 Å². The van der Waals surface area contributed by atoms with Gasteiger partial charge in [-0.05, 0) is 12.5 Å². The van der Waals surface area contributed by atoms with Crippen molar-refractivity contribution in [2.24, 2.45) is 0 Å². The van der Waals surface area contributed by atoms with Gasteiger partial charge in [0.1, 0.15) is 0 Å². The number of thioether (sulfide) groups is 1. The second-order valence-electron chi connectivity index (χ2n) is 0.524. The Morgan fingerprint density at radius 3 is 1.38 bits per heavy atom. The summed E-state index contributed by atoms with van der Waals surface area (Å²) in [4.78, 5) is 0. The summed E-state index contributed by atoms with van der Waals surface area (Å²) in [7, 11) is 0. The van der Waals surface area contributed by atoms with Crippen LogP contribution in [0.5, 0.6) is 0 Å². The first-order valence-corrected chi connectivity index (χ1v) is 2.97. The molecule has 0 rings (SSSR count). The molecule has 4 N–H and O–H groups in total. The van der Waals surface area contributed by atoms with Crippen LogP contribution in [0.2, 0.25) is 0 Å². The Balaban J connectivity index is -0.00000000889. The molecule has 0 amide bonds. The van der Waals surface area contributed by atoms with Crippen molar-refractivity contribution in [1.29, 1.82) is 0 Å². The van der Waals surface area contributed by atoms with Crippen molar-refractivity contribution in [2.45, 2.75) is 0 Å². The Labute approximate surface area is 78.3 Å². The topological polar surface area (TPSA) is 72.0 Å². The van der Waals surface area contributed by atoms with Gasteiger partial charge in [-0.1, -0.05) is 0 Å². The molecule has 0 atom stereocenters. The summed E-state index contributed by atoms with van der Waals surface area (Å²) in [6, 6.07) is 0. The second-order valence-corrected chi connectivity index (χ2v) is 1.34. The fourth-order valence-corrected chi connectivity index (χ4v) is 0. The molecule has 0 heterocycles. The Morgan fingerprint density at radius 1 is 1.38 bits per heavy atom. The van der Waals surface area contributed by atoms with E-state index in [1.165, 1.54) is 0 Å². The third-order valence-electron chi connectivity index (χ3n) is 0. The van der Waals surface area contributed by atoms with Gasteiger partial charge in [-0.2, -0.15) is 11.8 Å². The number of hydrogen-bond donors (Lipinski definition) is 2. The fourth-order valence-electron chi connectivity index (χ4n) is 0. The molecule has 0 aliphatic carbocycles. The molecule has 0 aromatic rings. The molecule has 0 aliphatic heterocycles. The molecule has 0 unspecified atom stereocenters. The van der Waals surface area contributed by atoms with Gasteiger partial charge in [-0.25, -0.2) is 0 Å². The van der Waals surface area contributed by atoms with E-state index in [0.29, 0.717) is 0 Å². The summed E-state index contributed by atoms with van der Waals surface area (Å²) in [6.07, 6.45) is 4.08. The van der Waals surface area contributed by atoms with Crippen molar-refractivity contribution in [3.8, 4) is 0 Å². The molecule has 0 aromatic heterocycles. The van der Waals surface area contributed by atoms with Gasteiger partial charge in [0, 0.05) is 0 Å². The summed E-state index contributed by atoms with van der Waals surface area (Å²) in [5.74, 6) is 0. The zero-order valence-electron chi connectivity index (χ0n) is 6.38. The van der Waals surface area contributed by atoms with Crippen LogP contribution >= 0.6 is 11.8 Å². The maximum atomic E-state index is 7.00. The zero-order valence-corrected chi connectivity index (χ0v) is 8.20. The van der Waals surface area contributed by atoms with E-state index in [9.17, 15) is 0 Å². The van der Waals surface area contributed by atoms with Crippen LogP contribution in [-0.4, -0.2) is 35.7 Å². The van der Waals surface area contributed by atoms with Crippen LogP contribution in [0.25, 0.3) is 0 Å². The Hall–Kier alpha value is 1.29. The molecule has 6 heteroatoms. The summed E-state index contributed by atoms with van der Waals surface area (Å²) in [5.41, 5.74) is 0. The molecule has 0 saturated heterocycles. The maximum Gasteiger partial charge on any atom is 1.00 e. The fraction of sp³-hybridized carbons (Fsp3) is 1.00. The van der Waals surface area contributed by atoms with Crippen LogP contribution in [0.3, 0.4) is 0 Å². The minimum atomic E-state index is 0. The first-order valence-electron chi connectivity index (χ1n) is 1.33. The van der Waals surface area contributed by atoms with E-state index >= 15 is 0 Å². The van der Waals surface area contributed by atoms with Crippen LogP contribution in [0.15, 0.2) is 0 Å². The summed E-state index contributed by atoms with van der Waals surface area (Å²) < 4.78 is 0. The molecule has 0 aromatic carbocycles. The number of hydrogen-bond acceptors (Lipinski definition) is 3. The van der Waals surface area contributed by atoms with Crippen molar-refractivity contribution in [3.63, 3.8) is 0 Å². The number of rotatable bonds is 0. The van der Waals surface area contributed by atoms with Gasteiger partial charge in [0.2, 0.25) is 0 Å². The third-order valence-corrected chi connectivity index (χ3v) is 0. The predicted octanol–water partition coefficient (Wildman–Crippen LogP) is -4.22. The van der Waals surface area contributed by atoms with Gasteiger partial charge >= 0.3 is 37.2 Å². The van der Waals surface area contributed by atoms with Crippen LogP contribution in [0.4, 0.5) is 0 Å². The summed E-state index contributed by atoms with van der Waals surface area (Å²) >= 11 is 1.75. The van der Waals surface area contributed by atoms with Crippen molar-refractivity contribution in [1.82, 2.24) is 0 Å². The first-order chi connectivity index (χ1) is 2.83. The largest absolute Gasteiger partial charge is 1.00 e. The standard InChI is InChI=1S/C2H6S.BH2O2.Na.H2O.H/c1-3-2;2-1-3;;;/h1-2H3;2-3H;;1H2;/q;;+1;;-1. The molecule has 0 bridgehead atoms. The summed E-state index contributed by atoms with van der Waals surface area (Å²) in [6.45, 7) is 0. The van der Waals surface area contributed by atoms with Crippen LogP contribution in [0.1, 0.15) is 1.43 Å². The van der Waals surface area contributed by atoms with Crippen LogP contribution < -0.4 is 29.6 Å². The third kappa shape index (κ3) is 172. The van der Waals surface area contributed by atoms with Gasteiger partial charge in [0.25, 0.3) is 0 Å². The van der Waals surface area contributed by atoms with Gasteiger partial charge in [-0.15, -0.1) is 0 Å². The Morgan fingerprint density at radius 2 is 1.38 bits per heavy atom. The molecule has 0 fully saturated rings. The SMILES string of the molecule is CSC.O.O[B]O.[H-].[Na+]. The maximum absolute atomic E-state index is 7.00. The van der Waals surface area contributed by atoms with Crippen molar-refractivity contribution in [3.05, 3.63) is 0 Å². The minimum Gasteiger partial charge on any atom is -1.00 e. The second kappa shape index (κ2) is 40.7. The van der Waals surface area contributed by atoms with Crippen molar-refractivity contribution >= 4 is 19.4 Å². The van der Waals surface area contributed by atoms with Gasteiger partial charge < -0.3 is 17.0 Å². The molecule has 0 aliphatic rings. The minimum absolute atomic E-state index is 0. The molecule has 47 valence electrons. The van der Waals surface area contributed by atoms with Gasteiger partial charge in [0.05, 0.1) is 0 Å². The Kier molecular flexibility index (Phi) is 116. The van der Waals surface area contributed by atoms with Gasteiger partial charge in [0.15, 0.2) is 0 Å². The average Bonchev–Trinajstić information content (AvgIpc) is 1.39. The van der Waals surface area contributed by atoms with Crippen molar-refractivity contribution in [2.75, 3.05) is 12.5 Å². The van der Waals surface area contributed by atoms with E-state index in [1.807, 2.05) is 12.5 Å². The quantitative estimate of drug-likeness (QED) is 0.343. The van der Waals surface area contributed by atoms with Crippen LogP contribution in [-0.2, 0) is 0 Å². The van der Waals surface area contributed by atoms with Gasteiger partial charge in [-0.3, -0.25) is 0 Å². The molecule has 3 nitrogen and oxygen atoms in total. The first kappa shape index (κ1) is 22.8. The molecular formula is C2H11BNaO3S. The predicted molar refractivity (Wildman–Crippen MR) is 34.4 cm³/mol. The molecule has 8 heavy (non-hydrogen) atoms. The molecule has 0 saturated carbocycles. The normalized spacial score (nSPS) is 4.00. The smallest absolute Gasteiger partial charge is 1.00 e. The van der Waals surface area contributed by atoms with E-state index < -0.39 is 0 Å². The Bertz CT molecular complexity index is 23.8. The van der Waals surface area contributed by atoms with E-state index in [1.54, 1.807) is 11.8 Å². The molecule has 0 spiro atoms. The van der Waals surface area contributed by atoms with E-state index in [2.05, 4.69) is 0 Å². The molecular weight excluding hydrogens is 138 g/mol. The zero-order chi connectivity index (χ0) is 5.41. The monoisotopic (exact) mass is 149 g/mol. The van der Waals surface area contributed by atoms with Crippen molar-refractivity contribution < 1.29 is 46.5 Å². The van der Waals surface area contributed by atoms with E-state index in [-0.39, 0.29) is 44.1 Å². The average molecular weight is 149 g/mol. The summed E-state index contributed by atoms with van der Waals surface area (Å²) in [5, 5.41) is 14.0. The molecule has 1 radical (unpaired) electrons. The van der Waals surface area contributed by atoms with E-state index in [0.717, 1.165) is 0 Å².